The monoisotopic (exact) mass is 468 g/mol. The molecule has 0 radical (unpaired) electrons. The number of benzene rings is 3. The maximum Gasteiger partial charge on any atom is 0.255 e. The summed E-state index contributed by atoms with van der Waals surface area (Å²) in [5, 5.41) is 5.32. The molecule has 0 aliphatic carbocycles. The summed E-state index contributed by atoms with van der Waals surface area (Å²) in [4.78, 5) is 26.2. The fourth-order valence-corrected chi connectivity index (χ4v) is 4.08. The predicted octanol–water partition coefficient (Wildman–Crippen LogP) is 5.60. The van der Waals surface area contributed by atoms with Gasteiger partial charge in [-0.25, -0.2) is 4.39 Å². The molecule has 0 heterocycles. The molecule has 1 atom stereocenters. The molecule has 0 saturated heterocycles. The Morgan fingerprint density at radius 1 is 0.909 bits per heavy atom. The van der Waals surface area contributed by atoms with E-state index in [2.05, 4.69) is 10.6 Å². The number of carbonyl (C=O) groups is 2. The van der Waals surface area contributed by atoms with Gasteiger partial charge in [-0.1, -0.05) is 13.0 Å². The van der Waals surface area contributed by atoms with E-state index in [0.29, 0.717) is 34.9 Å². The third-order valence-electron chi connectivity index (χ3n) is 4.79. The smallest absolute Gasteiger partial charge is 0.255 e. The van der Waals surface area contributed by atoms with Gasteiger partial charge in [-0.3, -0.25) is 9.59 Å². The predicted molar refractivity (Wildman–Crippen MR) is 129 cm³/mol. The summed E-state index contributed by atoms with van der Waals surface area (Å²) >= 11 is 1.39. The van der Waals surface area contributed by atoms with E-state index < -0.39 is 0 Å². The third-order valence-corrected chi connectivity index (χ3v) is 6.15. The van der Waals surface area contributed by atoms with Gasteiger partial charge in [0.2, 0.25) is 5.91 Å². The second kappa shape index (κ2) is 11.4. The van der Waals surface area contributed by atoms with Crippen molar-refractivity contribution >= 4 is 35.0 Å². The van der Waals surface area contributed by atoms with Gasteiger partial charge in [0, 0.05) is 21.8 Å². The molecule has 0 spiro atoms. The fraction of sp³-hybridized carbons (Fsp3) is 0.200. The number of hydrogen-bond acceptors (Lipinski definition) is 5. The fourth-order valence-electron chi connectivity index (χ4n) is 3.07. The lowest BCUT2D eigenvalue weighted by Crippen LogP contribution is -2.24. The second-order valence-corrected chi connectivity index (χ2v) is 8.34. The van der Waals surface area contributed by atoms with Gasteiger partial charge in [0.25, 0.3) is 5.91 Å². The number of amides is 2. The van der Waals surface area contributed by atoms with Crippen molar-refractivity contribution < 1.29 is 23.5 Å². The van der Waals surface area contributed by atoms with Crippen molar-refractivity contribution in [3.05, 3.63) is 78.1 Å². The molecule has 2 amide bonds. The summed E-state index contributed by atoms with van der Waals surface area (Å²) in [6.07, 6.45) is 0.597. The van der Waals surface area contributed by atoms with E-state index >= 15 is 0 Å². The summed E-state index contributed by atoms with van der Waals surface area (Å²) in [5.41, 5.74) is 1.57. The first-order valence-corrected chi connectivity index (χ1v) is 11.2. The first-order chi connectivity index (χ1) is 15.9. The van der Waals surface area contributed by atoms with Gasteiger partial charge >= 0.3 is 0 Å². The molecule has 0 aliphatic heterocycles. The van der Waals surface area contributed by atoms with Crippen molar-refractivity contribution in [3.63, 3.8) is 0 Å². The minimum atomic E-state index is -0.360. The lowest BCUT2D eigenvalue weighted by molar-refractivity contribution is -0.115. The number of hydrogen-bond donors (Lipinski definition) is 2. The van der Waals surface area contributed by atoms with Crippen molar-refractivity contribution in [2.45, 2.75) is 23.5 Å². The largest absolute Gasteiger partial charge is 0.493 e. The van der Waals surface area contributed by atoms with E-state index in [-0.39, 0.29) is 22.9 Å². The zero-order valence-corrected chi connectivity index (χ0v) is 19.4. The molecule has 2 N–H and O–H groups in total. The van der Waals surface area contributed by atoms with E-state index in [0.717, 1.165) is 4.90 Å². The number of anilines is 2. The van der Waals surface area contributed by atoms with Crippen LogP contribution in [0.15, 0.2) is 71.6 Å². The van der Waals surface area contributed by atoms with Crippen LogP contribution in [0.5, 0.6) is 11.5 Å². The van der Waals surface area contributed by atoms with Crippen LogP contribution in [0, 0.1) is 5.82 Å². The molecule has 3 aromatic rings. The number of rotatable bonds is 9. The molecular weight excluding hydrogens is 443 g/mol. The van der Waals surface area contributed by atoms with Crippen LogP contribution in [-0.2, 0) is 4.79 Å². The molecule has 0 aromatic heterocycles. The Hall–Kier alpha value is -3.52. The van der Waals surface area contributed by atoms with Gasteiger partial charge in [0.1, 0.15) is 5.82 Å². The van der Waals surface area contributed by atoms with Gasteiger partial charge in [-0.05, 0) is 67.1 Å². The number of nitrogens with one attached hydrogen (secondary N) is 2. The summed E-state index contributed by atoms with van der Waals surface area (Å²) in [6, 6.07) is 17.9. The molecule has 0 fully saturated rings. The summed E-state index contributed by atoms with van der Waals surface area (Å²) in [7, 11) is 3.04. The maximum atomic E-state index is 13.1. The molecule has 8 heteroatoms. The molecular formula is C25H25FN2O4S. The van der Waals surface area contributed by atoms with Crippen molar-refractivity contribution in [2.24, 2.45) is 0 Å². The average Bonchev–Trinajstić information content (AvgIpc) is 2.83. The number of methoxy groups -OCH3 is 2. The van der Waals surface area contributed by atoms with Gasteiger partial charge in [-0.2, -0.15) is 0 Å². The molecule has 33 heavy (non-hydrogen) atoms. The van der Waals surface area contributed by atoms with E-state index in [1.54, 1.807) is 24.3 Å². The van der Waals surface area contributed by atoms with E-state index in [4.69, 9.17) is 9.47 Å². The molecule has 172 valence electrons. The molecule has 6 nitrogen and oxygen atoms in total. The van der Waals surface area contributed by atoms with Crippen LogP contribution in [0.25, 0.3) is 0 Å². The quantitative estimate of drug-likeness (QED) is 0.400. The Bertz CT molecular complexity index is 1120. The minimum Gasteiger partial charge on any atom is -0.493 e. The molecule has 0 saturated carbocycles. The molecule has 3 rings (SSSR count). The lowest BCUT2D eigenvalue weighted by Gasteiger charge is -2.15. The van der Waals surface area contributed by atoms with Gasteiger partial charge in [0.05, 0.1) is 19.5 Å². The highest BCUT2D eigenvalue weighted by molar-refractivity contribution is 8.00. The third kappa shape index (κ3) is 6.49. The summed E-state index contributed by atoms with van der Waals surface area (Å²) < 4.78 is 23.6. The van der Waals surface area contributed by atoms with Crippen LogP contribution in [-0.4, -0.2) is 31.3 Å². The highest BCUT2D eigenvalue weighted by Gasteiger charge is 2.19. The van der Waals surface area contributed by atoms with E-state index in [1.807, 2.05) is 25.1 Å². The van der Waals surface area contributed by atoms with Crippen LogP contribution in [0.1, 0.15) is 23.7 Å². The van der Waals surface area contributed by atoms with Crippen molar-refractivity contribution in [1.29, 1.82) is 0 Å². The molecule has 0 bridgehead atoms. The van der Waals surface area contributed by atoms with Crippen LogP contribution in [0.2, 0.25) is 0 Å². The van der Waals surface area contributed by atoms with Gasteiger partial charge in [-0.15, -0.1) is 11.8 Å². The summed E-state index contributed by atoms with van der Waals surface area (Å²) in [6.45, 7) is 1.92. The normalized spacial score (nSPS) is 11.4. The number of halogens is 1. The SMILES string of the molecule is CCC(Sc1cccc(NC(=O)c2ccc(OC)c(OC)c2)c1)C(=O)Nc1ccc(F)cc1. The van der Waals surface area contributed by atoms with Crippen LogP contribution in [0.3, 0.4) is 0 Å². The first kappa shape index (κ1) is 24.1. The number of ether oxygens (including phenoxy) is 2. The molecule has 3 aromatic carbocycles. The molecule has 1 unspecified atom stereocenters. The Morgan fingerprint density at radius 2 is 1.64 bits per heavy atom. The van der Waals surface area contributed by atoms with Crippen molar-refractivity contribution in [1.82, 2.24) is 0 Å². The maximum absolute atomic E-state index is 13.1. The van der Waals surface area contributed by atoms with Crippen molar-refractivity contribution in [2.75, 3.05) is 24.9 Å². The summed E-state index contributed by atoms with van der Waals surface area (Å²) in [5.74, 6) is 0.179. The second-order valence-electron chi connectivity index (χ2n) is 7.06. The highest BCUT2D eigenvalue weighted by atomic mass is 32.2. The zero-order valence-electron chi connectivity index (χ0n) is 18.6. The minimum absolute atomic E-state index is 0.172. The standard InChI is InChI=1S/C25H25FN2O4S/c1-4-23(25(30)27-18-11-9-17(26)10-12-18)33-20-7-5-6-19(15-20)28-24(29)16-8-13-21(31-2)22(14-16)32-3/h5-15,23H,4H2,1-3H3,(H,27,30)(H,28,29). The van der Waals surface area contributed by atoms with E-state index in [9.17, 15) is 14.0 Å². The Balaban J connectivity index is 1.67. The topological polar surface area (TPSA) is 76.7 Å². The number of thioether (sulfide) groups is 1. The van der Waals surface area contributed by atoms with Gasteiger partial charge < -0.3 is 20.1 Å². The highest BCUT2D eigenvalue weighted by Crippen LogP contribution is 2.30. The van der Waals surface area contributed by atoms with Crippen molar-refractivity contribution in [3.8, 4) is 11.5 Å². The van der Waals surface area contributed by atoms with Crippen LogP contribution >= 0.6 is 11.8 Å². The van der Waals surface area contributed by atoms with Crippen LogP contribution in [0.4, 0.5) is 15.8 Å². The average molecular weight is 469 g/mol. The Morgan fingerprint density at radius 3 is 2.30 bits per heavy atom. The Kier molecular flexibility index (Phi) is 8.32. The zero-order chi connectivity index (χ0) is 23.8. The number of carbonyl (C=O) groups excluding carboxylic acids is 2. The first-order valence-electron chi connectivity index (χ1n) is 10.3. The van der Waals surface area contributed by atoms with E-state index in [1.165, 1.54) is 50.2 Å². The van der Waals surface area contributed by atoms with Crippen LogP contribution < -0.4 is 20.1 Å². The Labute approximate surface area is 196 Å². The molecule has 0 aliphatic rings. The lowest BCUT2D eigenvalue weighted by atomic mass is 10.2. The van der Waals surface area contributed by atoms with Gasteiger partial charge in [0.15, 0.2) is 11.5 Å².